The molecule has 1 aromatic carbocycles. The Bertz CT molecular complexity index is 489. The van der Waals surface area contributed by atoms with Gasteiger partial charge in [0.1, 0.15) is 5.75 Å². The van der Waals surface area contributed by atoms with E-state index in [-0.39, 0.29) is 11.7 Å². The van der Waals surface area contributed by atoms with Crippen molar-refractivity contribution in [2.45, 2.75) is 31.7 Å². The van der Waals surface area contributed by atoms with Crippen LogP contribution in [-0.4, -0.2) is 17.1 Å². The lowest BCUT2D eigenvalue weighted by atomic mass is 9.95. The van der Waals surface area contributed by atoms with E-state index < -0.39 is 0 Å². The maximum Gasteiger partial charge on any atom is 0.255 e. The van der Waals surface area contributed by atoms with Crippen LogP contribution >= 0.6 is 15.9 Å². The second-order valence-electron chi connectivity index (χ2n) is 5.42. The van der Waals surface area contributed by atoms with E-state index in [1.807, 2.05) is 0 Å². The molecule has 2 aliphatic rings. The third-order valence-electron chi connectivity index (χ3n) is 4.26. The van der Waals surface area contributed by atoms with Crippen LogP contribution in [-0.2, 0) is 0 Å². The van der Waals surface area contributed by atoms with Crippen molar-refractivity contribution in [1.29, 1.82) is 0 Å². The van der Waals surface area contributed by atoms with Crippen molar-refractivity contribution in [3.05, 3.63) is 28.2 Å². The first kappa shape index (κ1) is 12.0. The zero-order valence-electron chi connectivity index (χ0n) is 10.0. The van der Waals surface area contributed by atoms with Crippen LogP contribution in [0.1, 0.15) is 36.0 Å². The van der Waals surface area contributed by atoms with Crippen LogP contribution in [0.3, 0.4) is 0 Å². The number of phenols is 1. The topological polar surface area (TPSA) is 49.3 Å². The Morgan fingerprint density at radius 2 is 2.17 bits per heavy atom. The van der Waals surface area contributed by atoms with Crippen molar-refractivity contribution in [1.82, 2.24) is 5.32 Å². The van der Waals surface area contributed by atoms with Crippen molar-refractivity contribution in [2.24, 2.45) is 11.8 Å². The van der Waals surface area contributed by atoms with Gasteiger partial charge in [-0.1, -0.05) is 22.4 Å². The predicted octanol–water partition coefficient (Wildman–Crippen LogP) is 3.07. The zero-order chi connectivity index (χ0) is 12.7. The van der Waals surface area contributed by atoms with Crippen LogP contribution < -0.4 is 5.32 Å². The fourth-order valence-corrected chi connectivity index (χ4v) is 3.71. The summed E-state index contributed by atoms with van der Waals surface area (Å²) in [5.41, 5.74) is 0.362. The number of aromatic hydroxyl groups is 1. The standard InChI is InChI=1S/C14H16BrNO2/c15-10-3-4-11(13(17)7-10)14(18)16-12-6-8-1-2-9(12)5-8/h3-4,7-9,12,17H,1-2,5-6H2,(H,16,18). The summed E-state index contributed by atoms with van der Waals surface area (Å²) in [7, 11) is 0. The van der Waals surface area contributed by atoms with Gasteiger partial charge in [0.2, 0.25) is 0 Å². The Labute approximate surface area is 115 Å². The molecule has 3 rings (SSSR count). The van der Waals surface area contributed by atoms with Gasteiger partial charge in [0.05, 0.1) is 5.56 Å². The van der Waals surface area contributed by atoms with E-state index in [1.165, 1.54) is 19.3 Å². The summed E-state index contributed by atoms with van der Waals surface area (Å²) in [4.78, 5) is 12.1. The molecule has 0 heterocycles. The summed E-state index contributed by atoms with van der Waals surface area (Å²) in [6, 6.07) is 5.28. The van der Waals surface area contributed by atoms with Crippen molar-refractivity contribution < 1.29 is 9.90 Å². The molecule has 4 heteroatoms. The lowest BCUT2D eigenvalue weighted by molar-refractivity contribution is 0.0920. The summed E-state index contributed by atoms with van der Waals surface area (Å²) in [5.74, 6) is 1.33. The van der Waals surface area contributed by atoms with E-state index in [4.69, 9.17) is 0 Å². The number of carbonyl (C=O) groups excluding carboxylic acids is 1. The third-order valence-corrected chi connectivity index (χ3v) is 4.75. The molecule has 3 unspecified atom stereocenters. The maximum absolute atomic E-state index is 12.1. The smallest absolute Gasteiger partial charge is 0.255 e. The molecule has 2 N–H and O–H groups in total. The van der Waals surface area contributed by atoms with E-state index >= 15 is 0 Å². The van der Waals surface area contributed by atoms with Gasteiger partial charge in [-0.3, -0.25) is 4.79 Å². The molecule has 3 atom stereocenters. The highest BCUT2D eigenvalue weighted by molar-refractivity contribution is 9.10. The van der Waals surface area contributed by atoms with E-state index in [2.05, 4.69) is 21.2 Å². The summed E-state index contributed by atoms with van der Waals surface area (Å²) in [5, 5.41) is 12.8. The van der Waals surface area contributed by atoms with Gasteiger partial charge in [0.15, 0.2) is 0 Å². The summed E-state index contributed by atoms with van der Waals surface area (Å²) in [6.45, 7) is 0. The second-order valence-corrected chi connectivity index (χ2v) is 6.33. The number of halogens is 1. The average Bonchev–Trinajstić information content (AvgIpc) is 2.90. The summed E-state index contributed by atoms with van der Waals surface area (Å²) >= 11 is 3.27. The molecule has 0 aromatic heterocycles. The molecular weight excluding hydrogens is 294 g/mol. The largest absolute Gasteiger partial charge is 0.507 e. The SMILES string of the molecule is O=C(NC1CC2CCC1C2)c1ccc(Br)cc1O. The highest BCUT2D eigenvalue weighted by atomic mass is 79.9. The summed E-state index contributed by atoms with van der Waals surface area (Å²) in [6.07, 6.45) is 4.92. The average molecular weight is 310 g/mol. The molecule has 2 fully saturated rings. The zero-order valence-corrected chi connectivity index (χ0v) is 11.6. The van der Waals surface area contributed by atoms with Gasteiger partial charge in [-0.05, 0) is 49.3 Å². The van der Waals surface area contributed by atoms with Crippen LogP contribution in [0.15, 0.2) is 22.7 Å². The molecule has 0 aliphatic heterocycles. The van der Waals surface area contributed by atoms with Crippen molar-refractivity contribution in [3.63, 3.8) is 0 Å². The molecule has 0 spiro atoms. The number of phenolic OH excluding ortho intramolecular Hbond substituents is 1. The summed E-state index contributed by atoms with van der Waals surface area (Å²) < 4.78 is 0.775. The molecule has 2 saturated carbocycles. The highest BCUT2D eigenvalue weighted by Gasteiger charge is 2.40. The normalized spacial score (nSPS) is 29.5. The van der Waals surface area contributed by atoms with Crippen LogP contribution in [0, 0.1) is 11.8 Å². The van der Waals surface area contributed by atoms with Gasteiger partial charge in [-0.15, -0.1) is 0 Å². The van der Waals surface area contributed by atoms with Gasteiger partial charge in [0.25, 0.3) is 5.91 Å². The molecule has 0 saturated heterocycles. The van der Waals surface area contributed by atoms with Crippen molar-refractivity contribution in [3.8, 4) is 5.75 Å². The van der Waals surface area contributed by atoms with E-state index in [0.29, 0.717) is 17.5 Å². The number of carbonyl (C=O) groups is 1. The number of benzene rings is 1. The third kappa shape index (κ3) is 2.14. The van der Waals surface area contributed by atoms with E-state index in [0.717, 1.165) is 16.8 Å². The molecule has 96 valence electrons. The molecule has 1 aromatic rings. The fraction of sp³-hybridized carbons (Fsp3) is 0.500. The van der Waals surface area contributed by atoms with Crippen LogP contribution in [0.5, 0.6) is 5.75 Å². The molecular formula is C14H16BrNO2. The Balaban J connectivity index is 1.71. The predicted molar refractivity (Wildman–Crippen MR) is 72.5 cm³/mol. The minimum absolute atomic E-state index is 0.0324. The minimum Gasteiger partial charge on any atom is -0.507 e. The van der Waals surface area contributed by atoms with Crippen LogP contribution in [0.25, 0.3) is 0 Å². The maximum atomic E-state index is 12.1. The highest BCUT2D eigenvalue weighted by Crippen LogP contribution is 2.44. The number of fused-ring (bicyclic) bond motifs is 2. The van der Waals surface area contributed by atoms with Crippen LogP contribution in [0.2, 0.25) is 0 Å². The number of nitrogens with one attached hydrogen (secondary N) is 1. The van der Waals surface area contributed by atoms with Gasteiger partial charge < -0.3 is 10.4 Å². The Kier molecular flexibility index (Phi) is 3.06. The lowest BCUT2D eigenvalue weighted by Gasteiger charge is -2.23. The first-order valence-corrected chi connectivity index (χ1v) is 7.22. The molecule has 1 amide bonds. The molecule has 18 heavy (non-hydrogen) atoms. The quantitative estimate of drug-likeness (QED) is 0.882. The van der Waals surface area contributed by atoms with Gasteiger partial charge in [0, 0.05) is 10.5 Å². The first-order chi connectivity index (χ1) is 8.63. The Morgan fingerprint density at radius 1 is 1.33 bits per heavy atom. The minimum atomic E-state index is -0.155. The first-order valence-electron chi connectivity index (χ1n) is 6.43. The van der Waals surface area contributed by atoms with Crippen LogP contribution in [0.4, 0.5) is 0 Å². The molecule has 2 bridgehead atoms. The second kappa shape index (κ2) is 4.57. The van der Waals surface area contributed by atoms with E-state index in [9.17, 15) is 9.90 Å². The van der Waals surface area contributed by atoms with Gasteiger partial charge in [-0.25, -0.2) is 0 Å². The Morgan fingerprint density at radius 3 is 2.78 bits per heavy atom. The van der Waals surface area contributed by atoms with Crippen molar-refractivity contribution >= 4 is 21.8 Å². The monoisotopic (exact) mass is 309 g/mol. The van der Waals surface area contributed by atoms with Gasteiger partial charge in [-0.2, -0.15) is 0 Å². The Hall–Kier alpha value is -1.03. The molecule has 3 nitrogen and oxygen atoms in total. The number of hydrogen-bond donors (Lipinski definition) is 2. The lowest BCUT2D eigenvalue weighted by Crippen LogP contribution is -2.38. The molecule has 0 radical (unpaired) electrons. The van der Waals surface area contributed by atoms with E-state index in [1.54, 1.807) is 18.2 Å². The number of rotatable bonds is 2. The number of amides is 1. The fourth-order valence-electron chi connectivity index (χ4n) is 3.36. The van der Waals surface area contributed by atoms with Crippen molar-refractivity contribution in [2.75, 3.05) is 0 Å². The number of hydrogen-bond acceptors (Lipinski definition) is 2. The van der Waals surface area contributed by atoms with Gasteiger partial charge >= 0.3 is 0 Å². The molecule has 2 aliphatic carbocycles.